The van der Waals surface area contributed by atoms with Gasteiger partial charge in [-0.1, -0.05) is 28.1 Å². The summed E-state index contributed by atoms with van der Waals surface area (Å²) in [5.74, 6) is 0.644. The van der Waals surface area contributed by atoms with E-state index in [2.05, 4.69) is 19.8 Å². The molecule has 2 aromatic rings. The van der Waals surface area contributed by atoms with Crippen molar-refractivity contribution < 1.29 is 12.9 Å². The molecule has 0 saturated carbocycles. The lowest BCUT2D eigenvalue weighted by molar-refractivity contribution is 0.372. The lowest BCUT2D eigenvalue weighted by atomic mass is 10.6. The molecule has 0 aliphatic rings. The Kier molecular flexibility index (Phi) is 3.66. The summed E-state index contributed by atoms with van der Waals surface area (Å²) in [6.45, 7) is 3.15. The molecule has 2 rings (SSSR count). The molecule has 0 radical (unpaired) electrons. The lowest BCUT2D eigenvalue weighted by Crippen LogP contribution is -2.23. The van der Waals surface area contributed by atoms with Crippen molar-refractivity contribution in [2.24, 2.45) is 0 Å². The Bertz CT molecular complexity index is 664. The topological polar surface area (TPSA) is 98.0 Å². The van der Waals surface area contributed by atoms with Crippen molar-refractivity contribution in [3.05, 3.63) is 21.9 Å². The minimum absolute atomic E-state index is 0.0713. The predicted octanol–water partition coefficient (Wildman–Crippen LogP) is 1.27. The molecule has 0 atom stereocenters. The van der Waals surface area contributed by atoms with E-state index < -0.39 is 10.0 Å². The van der Waals surface area contributed by atoms with Gasteiger partial charge in [-0.3, -0.25) is 0 Å². The number of thiazole rings is 1. The predicted molar refractivity (Wildman–Crippen MR) is 64.9 cm³/mol. The fourth-order valence-electron chi connectivity index (χ4n) is 1.23. The van der Waals surface area contributed by atoms with E-state index in [9.17, 15) is 8.42 Å². The molecule has 2 heterocycles. The van der Waals surface area contributed by atoms with E-state index in [-0.39, 0.29) is 21.1 Å². The third-order valence-corrected chi connectivity index (χ3v) is 5.23. The van der Waals surface area contributed by atoms with Crippen LogP contribution in [-0.4, -0.2) is 23.5 Å². The van der Waals surface area contributed by atoms with Crippen molar-refractivity contribution in [3.8, 4) is 0 Å². The normalized spacial score (nSPS) is 11.9. The van der Waals surface area contributed by atoms with Crippen LogP contribution in [0.4, 0.5) is 0 Å². The molecule has 2 aromatic heterocycles. The van der Waals surface area contributed by atoms with Gasteiger partial charge in [0.1, 0.15) is 0 Å². The van der Waals surface area contributed by atoms with Gasteiger partial charge in [0, 0.05) is 0 Å². The molecule has 0 saturated heterocycles. The first-order valence-electron chi connectivity index (χ1n) is 4.80. The Balaban J connectivity index is 2.15. The summed E-state index contributed by atoms with van der Waals surface area (Å²) in [7, 11) is -3.67. The van der Waals surface area contributed by atoms with Crippen LogP contribution in [0.3, 0.4) is 0 Å². The molecular weight excluding hydrogens is 300 g/mol. The van der Waals surface area contributed by atoms with Gasteiger partial charge in [-0.25, -0.2) is 18.1 Å². The van der Waals surface area contributed by atoms with Crippen LogP contribution < -0.4 is 4.72 Å². The highest BCUT2D eigenvalue weighted by atomic mass is 35.5. The summed E-state index contributed by atoms with van der Waals surface area (Å²) >= 11 is 6.57. The molecule has 7 nitrogen and oxygen atoms in total. The third kappa shape index (κ3) is 2.86. The van der Waals surface area contributed by atoms with Gasteiger partial charge in [0.2, 0.25) is 5.89 Å². The molecule has 18 heavy (non-hydrogen) atoms. The van der Waals surface area contributed by atoms with E-state index in [4.69, 9.17) is 16.1 Å². The fraction of sp³-hybridized carbons (Fsp3) is 0.375. The van der Waals surface area contributed by atoms with Crippen LogP contribution >= 0.6 is 22.9 Å². The summed E-state index contributed by atoms with van der Waals surface area (Å²) in [5, 5.41) is 3.56. The first-order chi connectivity index (χ1) is 8.38. The largest absolute Gasteiger partial charge is 0.338 e. The van der Waals surface area contributed by atoms with Crippen molar-refractivity contribution in [1.29, 1.82) is 0 Å². The highest BCUT2D eigenvalue weighted by molar-refractivity contribution is 7.91. The van der Waals surface area contributed by atoms with Crippen molar-refractivity contribution in [1.82, 2.24) is 19.8 Å². The van der Waals surface area contributed by atoms with Gasteiger partial charge < -0.3 is 4.52 Å². The average Bonchev–Trinajstić information content (AvgIpc) is 2.82. The molecule has 1 N–H and O–H groups in total. The van der Waals surface area contributed by atoms with E-state index in [0.29, 0.717) is 11.5 Å². The zero-order chi connectivity index (χ0) is 13.3. The van der Waals surface area contributed by atoms with Crippen molar-refractivity contribution in [2.75, 3.05) is 0 Å². The number of aryl methyl sites for hydroxylation is 2. The second kappa shape index (κ2) is 4.92. The molecule has 10 heteroatoms. The molecule has 0 bridgehead atoms. The molecule has 0 unspecified atom stereocenters. The minimum Gasteiger partial charge on any atom is -0.338 e. The molecule has 98 valence electrons. The Morgan fingerprint density at radius 2 is 2.11 bits per heavy atom. The van der Waals surface area contributed by atoms with Crippen molar-refractivity contribution >= 4 is 33.0 Å². The van der Waals surface area contributed by atoms with Crippen LogP contribution in [0, 0.1) is 13.8 Å². The van der Waals surface area contributed by atoms with Gasteiger partial charge in [-0.2, -0.15) is 4.98 Å². The van der Waals surface area contributed by atoms with Gasteiger partial charge in [-0.15, -0.1) is 0 Å². The van der Waals surface area contributed by atoms with Crippen LogP contribution in [0.1, 0.15) is 17.4 Å². The Morgan fingerprint density at radius 1 is 1.39 bits per heavy atom. The average molecular weight is 309 g/mol. The van der Waals surface area contributed by atoms with E-state index in [1.807, 2.05) is 0 Å². The van der Waals surface area contributed by atoms with Crippen LogP contribution in [0.15, 0.2) is 8.73 Å². The van der Waals surface area contributed by atoms with E-state index in [1.54, 1.807) is 13.8 Å². The zero-order valence-electron chi connectivity index (χ0n) is 9.47. The molecular formula is C8H9ClN4O3S2. The summed E-state index contributed by atoms with van der Waals surface area (Å²) < 4.78 is 31.3. The van der Waals surface area contributed by atoms with Crippen LogP contribution in [0.25, 0.3) is 0 Å². The molecule has 0 aliphatic heterocycles. The van der Waals surface area contributed by atoms with Gasteiger partial charge in [0.05, 0.1) is 12.2 Å². The first-order valence-corrected chi connectivity index (χ1v) is 7.48. The number of hydrogen-bond acceptors (Lipinski definition) is 7. The number of nitrogens with zero attached hydrogens (tertiary/aromatic N) is 3. The van der Waals surface area contributed by atoms with Crippen LogP contribution in [0.5, 0.6) is 0 Å². The number of nitrogens with one attached hydrogen (secondary N) is 1. The fourth-order valence-corrected chi connectivity index (χ4v) is 3.99. The molecule has 0 amide bonds. The second-order valence-corrected chi connectivity index (χ2v) is 6.94. The summed E-state index contributed by atoms with van der Waals surface area (Å²) in [6, 6.07) is 0. The number of halogens is 1. The number of aromatic nitrogens is 3. The first kappa shape index (κ1) is 13.4. The summed E-state index contributed by atoms with van der Waals surface area (Å²) in [5.41, 5.74) is 0.360. The Labute approximate surface area is 112 Å². The molecule has 0 aliphatic carbocycles. The van der Waals surface area contributed by atoms with Gasteiger partial charge >= 0.3 is 0 Å². The monoisotopic (exact) mass is 308 g/mol. The van der Waals surface area contributed by atoms with Crippen molar-refractivity contribution in [3.63, 3.8) is 0 Å². The molecule has 0 spiro atoms. The second-order valence-electron chi connectivity index (χ2n) is 3.40. The van der Waals surface area contributed by atoms with E-state index in [0.717, 1.165) is 11.3 Å². The van der Waals surface area contributed by atoms with E-state index >= 15 is 0 Å². The zero-order valence-corrected chi connectivity index (χ0v) is 11.9. The quantitative estimate of drug-likeness (QED) is 0.913. The maximum Gasteiger partial charge on any atom is 0.252 e. The maximum absolute atomic E-state index is 12.0. The van der Waals surface area contributed by atoms with Gasteiger partial charge in [0.25, 0.3) is 10.0 Å². The van der Waals surface area contributed by atoms with Crippen LogP contribution in [-0.2, 0) is 16.6 Å². The molecule has 0 aromatic carbocycles. The smallest absolute Gasteiger partial charge is 0.252 e. The Morgan fingerprint density at radius 3 is 2.61 bits per heavy atom. The standard InChI is InChI=1S/C8H9ClN4O3S2/c1-4-7(17-8(9)11-4)18(14,15)10-3-6-12-5(2)13-16-6/h10H,3H2,1-2H3. The summed E-state index contributed by atoms with van der Waals surface area (Å²) in [4.78, 5) is 7.74. The minimum atomic E-state index is -3.67. The lowest BCUT2D eigenvalue weighted by Gasteiger charge is -2.01. The number of sulfonamides is 1. The number of hydrogen-bond donors (Lipinski definition) is 1. The SMILES string of the molecule is Cc1noc(CNS(=O)(=O)c2sc(Cl)nc2C)n1. The Hall–Kier alpha value is -1.03. The van der Waals surface area contributed by atoms with E-state index in [1.165, 1.54) is 0 Å². The van der Waals surface area contributed by atoms with Crippen molar-refractivity contribution in [2.45, 2.75) is 24.6 Å². The number of rotatable bonds is 4. The van der Waals surface area contributed by atoms with Crippen LogP contribution in [0.2, 0.25) is 4.47 Å². The van der Waals surface area contributed by atoms with Gasteiger partial charge in [-0.05, 0) is 13.8 Å². The molecule has 0 fully saturated rings. The summed E-state index contributed by atoms with van der Waals surface area (Å²) in [6.07, 6.45) is 0. The highest BCUT2D eigenvalue weighted by Gasteiger charge is 2.21. The highest BCUT2D eigenvalue weighted by Crippen LogP contribution is 2.26. The third-order valence-electron chi connectivity index (χ3n) is 1.96. The van der Waals surface area contributed by atoms with Gasteiger partial charge in [0.15, 0.2) is 14.5 Å². The maximum atomic E-state index is 12.0.